The molecule has 0 bridgehead atoms. The van der Waals surface area contributed by atoms with E-state index in [2.05, 4.69) is 10.0 Å². The number of phenolic OH excluding ortho intramolecular Hbond substituents is 1. The molecule has 0 aliphatic carbocycles. The minimum atomic E-state index is -3.58. The monoisotopic (exact) mass is 506 g/mol. The molecular formula is C24H27ClN2O6S. The van der Waals surface area contributed by atoms with Crippen LogP contribution < -0.4 is 14.8 Å². The molecule has 10 heteroatoms. The van der Waals surface area contributed by atoms with Crippen molar-refractivity contribution in [1.29, 1.82) is 0 Å². The molecule has 0 saturated heterocycles. The van der Waals surface area contributed by atoms with Crippen molar-refractivity contribution < 1.29 is 28.5 Å². The van der Waals surface area contributed by atoms with Crippen LogP contribution in [0.3, 0.4) is 0 Å². The first-order chi connectivity index (χ1) is 16.1. The van der Waals surface area contributed by atoms with Crippen molar-refractivity contribution in [2.24, 2.45) is 0 Å². The zero-order chi connectivity index (χ0) is 24.7. The number of aromatic hydroxyl groups is 1. The number of ether oxygens (including phenoxy) is 1. The van der Waals surface area contributed by atoms with Crippen LogP contribution in [0, 0.1) is 0 Å². The van der Waals surface area contributed by atoms with Crippen LogP contribution in [0.5, 0.6) is 17.2 Å². The van der Waals surface area contributed by atoms with Crippen LogP contribution in [0.15, 0.2) is 66.7 Å². The van der Waals surface area contributed by atoms with Gasteiger partial charge in [-0.1, -0.05) is 29.8 Å². The predicted molar refractivity (Wildman–Crippen MR) is 132 cm³/mol. The molecule has 0 amide bonds. The van der Waals surface area contributed by atoms with E-state index in [1.54, 1.807) is 24.3 Å². The van der Waals surface area contributed by atoms with Gasteiger partial charge in [-0.25, -0.2) is 8.42 Å². The molecule has 0 radical (unpaired) electrons. The maximum atomic E-state index is 11.4. The van der Waals surface area contributed by atoms with Crippen LogP contribution in [0.4, 0.5) is 5.69 Å². The molecule has 0 aliphatic heterocycles. The largest absolute Gasteiger partial charge is 0.506 e. The highest BCUT2D eigenvalue weighted by Crippen LogP contribution is 2.28. The molecule has 3 aromatic rings. The summed E-state index contributed by atoms with van der Waals surface area (Å²) in [6, 6.07) is 18.4. The van der Waals surface area contributed by atoms with Gasteiger partial charge in [0, 0.05) is 17.6 Å². The molecule has 3 aromatic carbocycles. The van der Waals surface area contributed by atoms with Gasteiger partial charge in [0.05, 0.1) is 24.7 Å². The van der Waals surface area contributed by atoms with Crippen molar-refractivity contribution in [1.82, 2.24) is 5.32 Å². The minimum absolute atomic E-state index is 0.0151. The fourth-order valence-electron chi connectivity index (χ4n) is 3.26. The van der Waals surface area contributed by atoms with E-state index in [4.69, 9.17) is 16.3 Å². The number of hydrogen-bond donors (Lipinski definition) is 5. The molecule has 34 heavy (non-hydrogen) atoms. The number of aliphatic hydroxyl groups is 2. The van der Waals surface area contributed by atoms with Crippen LogP contribution in [0.1, 0.15) is 17.2 Å². The van der Waals surface area contributed by atoms with Crippen LogP contribution in [-0.4, -0.2) is 49.2 Å². The zero-order valence-corrected chi connectivity index (χ0v) is 20.1. The number of halogens is 1. The number of phenols is 1. The van der Waals surface area contributed by atoms with Crippen LogP contribution >= 0.6 is 11.6 Å². The van der Waals surface area contributed by atoms with Crippen LogP contribution in [0.2, 0.25) is 5.02 Å². The quantitative estimate of drug-likeness (QED) is 0.252. The van der Waals surface area contributed by atoms with E-state index in [1.165, 1.54) is 18.2 Å². The predicted octanol–water partition coefficient (Wildman–Crippen LogP) is 3.44. The van der Waals surface area contributed by atoms with E-state index >= 15 is 0 Å². The molecule has 0 spiro atoms. The van der Waals surface area contributed by atoms with Crippen molar-refractivity contribution in [3.8, 4) is 17.2 Å². The van der Waals surface area contributed by atoms with Gasteiger partial charge in [-0.05, 0) is 66.1 Å². The summed E-state index contributed by atoms with van der Waals surface area (Å²) in [7, 11) is -3.58. The third-order valence-electron chi connectivity index (χ3n) is 4.98. The standard InChI is InChI=1S/C24H27ClN2O6S/c1-34(31,32)27-22-13-17(4-11-23(22)29)24(30)14-26-19(15-28)12-16-2-7-20(8-3-16)33-21-9-5-18(25)6-10-21/h2-11,13,19,24,26-30H,12,14-15H2,1H3/t19?,24-/m0/s1. The molecule has 0 saturated carbocycles. The molecule has 0 aliphatic rings. The van der Waals surface area contributed by atoms with E-state index in [0.29, 0.717) is 28.5 Å². The van der Waals surface area contributed by atoms with Crippen molar-refractivity contribution in [3.63, 3.8) is 0 Å². The summed E-state index contributed by atoms with van der Waals surface area (Å²) in [5.41, 5.74) is 1.37. The Bertz CT molecular complexity index is 1190. The highest BCUT2D eigenvalue weighted by atomic mass is 35.5. The fraction of sp³-hybridized carbons (Fsp3) is 0.250. The maximum absolute atomic E-state index is 11.4. The first-order valence-corrected chi connectivity index (χ1v) is 12.8. The Kier molecular flexibility index (Phi) is 8.76. The van der Waals surface area contributed by atoms with Gasteiger partial charge < -0.3 is 25.4 Å². The molecule has 182 valence electrons. The summed E-state index contributed by atoms with van der Waals surface area (Å²) >= 11 is 5.88. The van der Waals surface area contributed by atoms with E-state index in [0.717, 1.165) is 11.8 Å². The third-order valence-corrected chi connectivity index (χ3v) is 5.82. The lowest BCUT2D eigenvalue weighted by molar-refractivity contribution is 0.158. The highest BCUT2D eigenvalue weighted by Gasteiger charge is 2.15. The summed E-state index contributed by atoms with van der Waals surface area (Å²) in [4.78, 5) is 0. The van der Waals surface area contributed by atoms with Gasteiger partial charge in [-0.2, -0.15) is 0 Å². The van der Waals surface area contributed by atoms with E-state index in [-0.39, 0.29) is 30.6 Å². The summed E-state index contributed by atoms with van der Waals surface area (Å²) in [6.45, 7) is -0.0295. The number of nitrogens with one attached hydrogen (secondary N) is 2. The number of hydrogen-bond acceptors (Lipinski definition) is 7. The first-order valence-electron chi connectivity index (χ1n) is 10.5. The van der Waals surface area contributed by atoms with Crippen molar-refractivity contribution in [2.75, 3.05) is 24.1 Å². The van der Waals surface area contributed by atoms with Crippen LogP contribution in [0.25, 0.3) is 0 Å². The first kappa shape index (κ1) is 25.8. The van der Waals surface area contributed by atoms with Gasteiger partial charge in [0.25, 0.3) is 0 Å². The zero-order valence-electron chi connectivity index (χ0n) is 18.5. The lowest BCUT2D eigenvalue weighted by Gasteiger charge is -2.20. The lowest BCUT2D eigenvalue weighted by Crippen LogP contribution is -2.37. The molecule has 0 aromatic heterocycles. The third kappa shape index (κ3) is 7.89. The average molecular weight is 507 g/mol. The normalized spacial score (nSPS) is 13.3. The van der Waals surface area contributed by atoms with Gasteiger partial charge >= 0.3 is 0 Å². The van der Waals surface area contributed by atoms with Gasteiger partial charge in [0.1, 0.15) is 17.2 Å². The summed E-state index contributed by atoms with van der Waals surface area (Å²) < 4.78 is 30.9. The Balaban J connectivity index is 1.56. The van der Waals surface area contributed by atoms with E-state index < -0.39 is 16.1 Å². The second-order valence-corrected chi connectivity index (χ2v) is 10.0. The molecule has 1 unspecified atom stereocenters. The smallest absolute Gasteiger partial charge is 0.229 e. The second kappa shape index (κ2) is 11.5. The van der Waals surface area contributed by atoms with E-state index in [9.17, 15) is 23.7 Å². The maximum Gasteiger partial charge on any atom is 0.229 e. The van der Waals surface area contributed by atoms with Gasteiger partial charge in [0.15, 0.2) is 0 Å². The highest BCUT2D eigenvalue weighted by molar-refractivity contribution is 7.92. The second-order valence-electron chi connectivity index (χ2n) is 7.86. The molecule has 3 rings (SSSR count). The van der Waals surface area contributed by atoms with Gasteiger partial charge in [0.2, 0.25) is 10.0 Å². The Morgan fingerprint density at radius 1 is 1.00 bits per heavy atom. The molecule has 5 N–H and O–H groups in total. The molecular weight excluding hydrogens is 480 g/mol. The van der Waals surface area contributed by atoms with Crippen LogP contribution in [-0.2, 0) is 16.4 Å². The fourth-order valence-corrected chi connectivity index (χ4v) is 3.95. The minimum Gasteiger partial charge on any atom is -0.506 e. The number of anilines is 1. The van der Waals surface area contributed by atoms with Gasteiger partial charge in [-0.3, -0.25) is 4.72 Å². The van der Waals surface area contributed by atoms with Crippen molar-refractivity contribution >= 4 is 27.3 Å². The Labute approximate surface area is 203 Å². The van der Waals surface area contributed by atoms with Crippen molar-refractivity contribution in [3.05, 3.63) is 82.9 Å². The van der Waals surface area contributed by atoms with E-state index in [1.807, 2.05) is 24.3 Å². The number of benzene rings is 3. The summed E-state index contributed by atoms with van der Waals surface area (Å²) in [6.07, 6.45) is 0.505. The molecule has 2 atom stereocenters. The Morgan fingerprint density at radius 3 is 2.21 bits per heavy atom. The SMILES string of the molecule is CS(=O)(=O)Nc1cc([C@@H](O)CNC(CO)Cc2ccc(Oc3ccc(Cl)cc3)cc2)ccc1O. The average Bonchev–Trinajstić information content (AvgIpc) is 2.79. The Morgan fingerprint density at radius 2 is 1.62 bits per heavy atom. The molecule has 0 fully saturated rings. The molecule has 0 heterocycles. The number of aliphatic hydroxyl groups excluding tert-OH is 2. The number of sulfonamides is 1. The summed E-state index contributed by atoms with van der Waals surface area (Å²) in [5.74, 6) is 1.09. The lowest BCUT2D eigenvalue weighted by atomic mass is 10.0. The number of rotatable bonds is 11. The van der Waals surface area contributed by atoms with Crippen molar-refractivity contribution in [2.45, 2.75) is 18.6 Å². The molecule has 8 nitrogen and oxygen atoms in total. The summed E-state index contributed by atoms with van der Waals surface area (Å²) in [5, 5.41) is 33.9. The van der Waals surface area contributed by atoms with Gasteiger partial charge in [-0.15, -0.1) is 0 Å². The Hall–Kier alpha value is -2.82. The topological polar surface area (TPSA) is 128 Å².